The number of fused-ring (bicyclic) bond motifs is 2. The van der Waals surface area contributed by atoms with Crippen molar-refractivity contribution in [1.29, 1.82) is 0 Å². The Morgan fingerprint density at radius 2 is 1.30 bits per heavy atom. The van der Waals surface area contributed by atoms with E-state index in [0.717, 1.165) is 12.1 Å². The Kier molecular flexibility index (Phi) is 5.68. The fraction of sp³-hybridized carbons (Fsp3) is 0. The summed E-state index contributed by atoms with van der Waals surface area (Å²) in [7, 11) is -4.54. The van der Waals surface area contributed by atoms with E-state index >= 15 is 0 Å². The second-order valence-corrected chi connectivity index (χ2v) is 9.45. The fourth-order valence-corrected chi connectivity index (χ4v) is 4.32. The Bertz CT molecular complexity index is 1570. The summed E-state index contributed by atoms with van der Waals surface area (Å²) in [5, 5.41) is 26.7. The van der Waals surface area contributed by atoms with E-state index in [9.17, 15) is 36.7 Å². The number of phenols is 2. The minimum Gasteiger partial charge on any atom is -0.507 e. The Hall–Kier alpha value is -3.71. The highest BCUT2D eigenvalue weighted by molar-refractivity contribution is 7.85. The number of carbonyl (C=O) groups is 1. The lowest BCUT2D eigenvalue weighted by Gasteiger charge is -2.11. The Labute approximate surface area is 189 Å². The van der Waals surface area contributed by atoms with Gasteiger partial charge in [0, 0.05) is 28.2 Å². The fourth-order valence-electron chi connectivity index (χ4n) is 3.34. The van der Waals surface area contributed by atoms with Crippen molar-refractivity contribution < 1.29 is 36.7 Å². The topological polar surface area (TPSA) is 173 Å². The molecule has 0 radical (unpaired) electrons. The lowest BCUT2D eigenvalue weighted by Crippen LogP contribution is -2.19. The monoisotopic (exact) mass is 488 g/mol. The van der Waals surface area contributed by atoms with Crippen molar-refractivity contribution in [3.05, 3.63) is 60.7 Å². The number of rotatable bonds is 4. The molecule has 0 heterocycles. The predicted octanol–water partition coefficient (Wildman–Crippen LogP) is 3.88. The lowest BCUT2D eigenvalue weighted by atomic mass is 10.1. The molecule has 0 aliphatic carbocycles. The van der Waals surface area contributed by atoms with Crippen LogP contribution in [0.3, 0.4) is 0 Å². The van der Waals surface area contributed by atoms with Crippen LogP contribution in [-0.2, 0) is 21.2 Å². The second kappa shape index (κ2) is 8.33. The van der Waals surface area contributed by atoms with Gasteiger partial charge < -0.3 is 25.4 Å². The molecule has 33 heavy (non-hydrogen) atoms. The van der Waals surface area contributed by atoms with Gasteiger partial charge in [-0.25, -0.2) is 9.00 Å². The van der Waals surface area contributed by atoms with Gasteiger partial charge in [0.25, 0.3) is 10.1 Å². The molecule has 0 spiro atoms. The van der Waals surface area contributed by atoms with Gasteiger partial charge in [-0.3, -0.25) is 4.55 Å². The summed E-state index contributed by atoms with van der Waals surface area (Å²) in [6.45, 7) is 0. The Balaban J connectivity index is 1.59. The average molecular weight is 488 g/mol. The summed E-state index contributed by atoms with van der Waals surface area (Å²) in [5.74, 6) is -0.525. The number of urea groups is 1. The predicted molar refractivity (Wildman–Crippen MR) is 123 cm³/mol. The normalized spacial score (nSPS) is 12.5. The quantitative estimate of drug-likeness (QED) is 0.185. The van der Waals surface area contributed by atoms with Crippen LogP contribution in [0, 0.1) is 0 Å². The maximum absolute atomic E-state index is 12.4. The molecule has 0 bridgehead atoms. The van der Waals surface area contributed by atoms with Crippen molar-refractivity contribution in [3.8, 4) is 11.5 Å². The molecule has 170 valence electrons. The maximum atomic E-state index is 12.4. The largest absolute Gasteiger partial charge is 0.507 e. The highest BCUT2D eigenvalue weighted by Gasteiger charge is 2.14. The first-order chi connectivity index (χ1) is 15.5. The van der Waals surface area contributed by atoms with E-state index in [1.54, 1.807) is 6.07 Å². The molecule has 0 aliphatic heterocycles. The molecule has 12 heteroatoms. The lowest BCUT2D eigenvalue weighted by molar-refractivity contribution is 0.262. The van der Waals surface area contributed by atoms with E-state index in [4.69, 9.17) is 0 Å². The van der Waals surface area contributed by atoms with Crippen LogP contribution in [0.15, 0.2) is 70.5 Å². The molecular weight excluding hydrogens is 472 g/mol. The molecule has 1 unspecified atom stereocenters. The van der Waals surface area contributed by atoms with Crippen molar-refractivity contribution >= 4 is 60.1 Å². The molecule has 4 rings (SSSR count). The van der Waals surface area contributed by atoms with Gasteiger partial charge in [0.1, 0.15) is 11.5 Å². The number of amides is 2. The molecule has 0 saturated carbocycles. The van der Waals surface area contributed by atoms with Crippen LogP contribution >= 0.6 is 0 Å². The number of carbonyl (C=O) groups excluding carboxylic acids is 1. The first-order valence-electron chi connectivity index (χ1n) is 9.21. The molecule has 4 aromatic carbocycles. The number of phenolic OH excluding ortho intramolecular Hbond substituents is 2. The van der Waals surface area contributed by atoms with E-state index in [0.29, 0.717) is 21.8 Å². The molecule has 2 amide bonds. The van der Waals surface area contributed by atoms with Crippen molar-refractivity contribution in [2.24, 2.45) is 0 Å². The van der Waals surface area contributed by atoms with Crippen molar-refractivity contribution in [2.75, 3.05) is 10.6 Å². The molecular formula is C21H16N2O8S2. The summed E-state index contributed by atoms with van der Waals surface area (Å²) in [5.41, 5.74) is 0.621. The van der Waals surface area contributed by atoms with Gasteiger partial charge >= 0.3 is 6.03 Å². The summed E-state index contributed by atoms with van der Waals surface area (Å²) in [4.78, 5) is 12.0. The highest BCUT2D eigenvalue weighted by atomic mass is 32.2. The van der Waals surface area contributed by atoms with E-state index in [1.807, 2.05) is 0 Å². The highest BCUT2D eigenvalue weighted by Crippen LogP contribution is 2.32. The van der Waals surface area contributed by atoms with Gasteiger partial charge in [-0.05, 0) is 65.4 Å². The smallest absolute Gasteiger partial charge is 0.323 e. The van der Waals surface area contributed by atoms with Crippen molar-refractivity contribution in [3.63, 3.8) is 0 Å². The van der Waals surface area contributed by atoms with Crippen LogP contribution in [0.5, 0.6) is 11.5 Å². The van der Waals surface area contributed by atoms with Crippen LogP contribution in [0.1, 0.15) is 0 Å². The first-order valence-corrected chi connectivity index (χ1v) is 11.8. The van der Waals surface area contributed by atoms with E-state index in [1.165, 1.54) is 42.5 Å². The summed E-state index contributed by atoms with van der Waals surface area (Å²) < 4.78 is 52.6. The number of aromatic hydroxyl groups is 2. The zero-order valence-corrected chi connectivity index (χ0v) is 18.1. The Morgan fingerprint density at radius 1 is 0.788 bits per heavy atom. The van der Waals surface area contributed by atoms with Gasteiger partial charge in [0.05, 0.1) is 9.79 Å². The third-order valence-corrected chi connectivity index (χ3v) is 6.29. The molecule has 4 aromatic rings. The van der Waals surface area contributed by atoms with Crippen LogP contribution in [-0.4, -0.2) is 38.0 Å². The zero-order chi connectivity index (χ0) is 23.9. The van der Waals surface area contributed by atoms with Gasteiger partial charge in [0.15, 0.2) is 11.1 Å². The van der Waals surface area contributed by atoms with Crippen LogP contribution in [0.25, 0.3) is 21.5 Å². The minimum absolute atomic E-state index is 0.00489. The van der Waals surface area contributed by atoms with Crippen LogP contribution in [0.2, 0.25) is 0 Å². The molecule has 6 N–H and O–H groups in total. The van der Waals surface area contributed by atoms with E-state index in [-0.39, 0.29) is 27.5 Å². The SMILES string of the molecule is O=C(Nc1ccc2c(O)cc(S(=O)O)cc2c1)Nc1ccc2c(O)cc(S(=O)(=O)O)cc2c1. The third-order valence-electron chi connectivity index (χ3n) is 4.82. The van der Waals surface area contributed by atoms with E-state index in [2.05, 4.69) is 10.6 Å². The average Bonchev–Trinajstić information content (AvgIpc) is 2.72. The van der Waals surface area contributed by atoms with Gasteiger partial charge in [-0.1, -0.05) is 0 Å². The van der Waals surface area contributed by atoms with Gasteiger partial charge in [0.2, 0.25) is 0 Å². The second-order valence-electron chi connectivity index (χ2n) is 7.06. The number of benzene rings is 4. The van der Waals surface area contributed by atoms with Crippen molar-refractivity contribution in [1.82, 2.24) is 0 Å². The number of anilines is 2. The molecule has 0 aliphatic rings. The molecule has 1 atom stereocenters. The standard InChI is InChI=1S/C21H16N2O8S2/c24-19-9-15(32(27)28)7-11-5-13(1-3-17(11)19)22-21(26)23-14-2-4-18-12(6-14)8-16(10-20(18)25)33(29,30)31/h1-10,24-25H,(H,27,28)(H2,22,23,26)(H,29,30,31). The number of nitrogens with one attached hydrogen (secondary N) is 2. The summed E-state index contributed by atoms with van der Waals surface area (Å²) in [6.07, 6.45) is 0. The van der Waals surface area contributed by atoms with Crippen LogP contribution < -0.4 is 10.6 Å². The zero-order valence-electron chi connectivity index (χ0n) is 16.5. The molecule has 10 nitrogen and oxygen atoms in total. The number of hydrogen-bond donors (Lipinski definition) is 6. The molecule has 0 saturated heterocycles. The van der Waals surface area contributed by atoms with E-state index < -0.39 is 32.1 Å². The van der Waals surface area contributed by atoms with Crippen molar-refractivity contribution in [2.45, 2.75) is 9.79 Å². The van der Waals surface area contributed by atoms with Gasteiger partial charge in [-0.2, -0.15) is 8.42 Å². The van der Waals surface area contributed by atoms with Gasteiger partial charge in [-0.15, -0.1) is 0 Å². The molecule has 0 aromatic heterocycles. The number of hydrogen-bond acceptors (Lipinski definition) is 6. The third kappa shape index (κ3) is 4.73. The first kappa shape index (κ1) is 22.5. The Morgan fingerprint density at radius 3 is 1.82 bits per heavy atom. The maximum Gasteiger partial charge on any atom is 0.323 e. The summed E-state index contributed by atoms with van der Waals surface area (Å²) in [6, 6.07) is 13.0. The summed E-state index contributed by atoms with van der Waals surface area (Å²) >= 11 is -2.29. The minimum atomic E-state index is -4.54. The molecule has 0 fully saturated rings. The van der Waals surface area contributed by atoms with Crippen LogP contribution in [0.4, 0.5) is 16.2 Å².